The molecule has 2 heterocycles. The number of para-hydroxylation sites is 1. The van der Waals surface area contributed by atoms with Gasteiger partial charge in [-0.2, -0.15) is 0 Å². The zero-order valence-corrected chi connectivity index (χ0v) is 18.1. The van der Waals surface area contributed by atoms with Crippen LogP contribution in [0.2, 0.25) is 0 Å². The molecule has 0 unspecified atom stereocenters. The first-order valence-corrected chi connectivity index (χ1v) is 11.2. The summed E-state index contributed by atoms with van der Waals surface area (Å²) in [6.07, 6.45) is 4.49. The highest BCUT2D eigenvalue weighted by atomic mass is 32.1. The van der Waals surface area contributed by atoms with Gasteiger partial charge in [-0.05, 0) is 49.8 Å². The molecule has 1 aromatic carbocycles. The normalized spacial score (nSPS) is 13.1. The van der Waals surface area contributed by atoms with E-state index in [4.69, 9.17) is 9.15 Å². The fraction of sp³-hybridized carbons (Fsp3) is 0.348. The molecule has 3 aromatic rings. The van der Waals surface area contributed by atoms with E-state index in [0.717, 1.165) is 36.1 Å². The number of fused-ring (bicyclic) bond motifs is 2. The summed E-state index contributed by atoms with van der Waals surface area (Å²) in [6, 6.07) is 7.98. The first-order valence-electron chi connectivity index (χ1n) is 10.3. The maximum Gasteiger partial charge on any atom is 0.292 e. The molecule has 0 atom stereocenters. The standard InChI is InChI=1S/C23H24N2O5S/c1-29-12-6-11-24-22(28)20-15-8-3-5-10-19(15)31-23(20)25-21(27)18-13-16(26)14-7-2-4-9-17(14)30-18/h2,4,7,9,13H,3,5-6,8,10-12H2,1H3,(H,24,28)(H,25,27). The summed E-state index contributed by atoms with van der Waals surface area (Å²) in [7, 11) is 1.62. The average Bonchev–Trinajstić information content (AvgIpc) is 3.14. The van der Waals surface area contributed by atoms with Gasteiger partial charge in [0.25, 0.3) is 11.8 Å². The van der Waals surface area contributed by atoms with E-state index in [1.165, 1.54) is 17.4 Å². The minimum Gasteiger partial charge on any atom is -0.451 e. The van der Waals surface area contributed by atoms with Crippen LogP contribution in [-0.2, 0) is 17.6 Å². The number of aryl methyl sites for hydroxylation is 1. The van der Waals surface area contributed by atoms with E-state index in [0.29, 0.717) is 41.1 Å². The molecular weight excluding hydrogens is 416 g/mol. The van der Waals surface area contributed by atoms with Crippen molar-refractivity contribution in [2.75, 3.05) is 25.6 Å². The van der Waals surface area contributed by atoms with E-state index in [1.54, 1.807) is 31.4 Å². The van der Waals surface area contributed by atoms with Gasteiger partial charge in [-0.15, -0.1) is 11.3 Å². The summed E-state index contributed by atoms with van der Waals surface area (Å²) in [5.74, 6) is -0.831. The summed E-state index contributed by atoms with van der Waals surface area (Å²) in [5, 5.41) is 6.66. The summed E-state index contributed by atoms with van der Waals surface area (Å²) in [6.45, 7) is 1.05. The van der Waals surface area contributed by atoms with Crippen LogP contribution in [0.5, 0.6) is 0 Å². The molecule has 0 saturated heterocycles. The second-order valence-corrected chi connectivity index (χ2v) is 8.55. The van der Waals surface area contributed by atoms with Gasteiger partial charge in [0.05, 0.1) is 10.9 Å². The highest BCUT2D eigenvalue weighted by molar-refractivity contribution is 7.17. The van der Waals surface area contributed by atoms with Gasteiger partial charge in [0.1, 0.15) is 10.6 Å². The minimum atomic E-state index is -0.546. The predicted molar refractivity (Wildman–Crippen MR) is 120 cm³/mol. The van der Waals surface area contributed by atoms with Crippen molar-refractivity contribution in [1.29, 1.82) is 0 Å². The van der Waals surface area contributed by atoms with Crippen LogP contribution in [0.25, 0.3) is 11.0 Å². The Morgan fingerprint density at radius 1 is 1.16 bits per heavy atom. The van der Waals surface area contributed by atoms with Crippen molar-refractivity contribution in [3.8, 4) is 0 Å². The zero-order chi connectivity index (χ0) is 21.8. The van der Waals surface area contributed by atoms with Gasteiger partial charge < -0.3 is 19.8 Å². The Morgan fingerprint density at radius 3 is 2.81 bits per heavy atom. The van der Waals surface area contributed by atoms with E-state index in [1.807, 2.05) is 0 Å². The van der Waals surface area contributed by atoms with Crippen molar-refractivity contribution in [3.05, 3.63) is 62.3 Å². The van der Waals surface area contributed by atoms with Gasteiger partial charge >= 0.3 is 0 Å². The Balaban J connectivity index is 1.62. The molecule has 162 valence electrons. The molecule has 31 heavy (non-hydrogen) atoms. The predicted octanol–water partition coefficient (Wildman–Crippen LogP) is 3.75. The number of amides is 2. The number of methoxy groups -OCH3 is 1. The molecule has 0 radical (unpaired) electrons. The molecule has 2 amide bonds. The zero-order valence-electron chi connectivity index (χ0n) is 17.3. The smallest absolute Gasteiger partial charge is 0.292 e. The van der Waals surface area contributed by atoms with Crippen LogP contribution in [0.3, 0.4) is 0 Å². The molecular formula is C23H24N2O5S. The number of anilines is 1. The SMILES string of the molecule is COCCCNC(=O)c1c(NC(=O)c2cc(=O)c3ccccc3o2)sc2c1CCCC2. The highest BCUT2D eigenvalue weighted by Gasteiger charge is 2.27. The van der Waals surface area contributed by atoms with E-state index in [9.17, 15) is 14.4 Å². The van der Waals surface area contributed by atoms with E-state index >= 15 is 0 Å². The number of ether oxygens (including phenoxy) is 1. The third-order valence-electron chi connectivity index (χ3n) is 5.29. The van der Waals surface area contributed by atoms with Crippen LogP contribution in [-0.4, -0.2) is 32.1 Å². The lowest BCUT2D eigenvalue weighted by Gasteiger charge is -2.13. The Labute approximate surface area is 183 Å². The number of hydrogen-bond donors (Lipinski definition) is 2. The minimum absolute atomic E-state index is 0.0819. The van der Waals surface area contributed by atoms with Crippen LogP contribution in [0.4, 0.5) is 5.00 Å². The molecule has 2 N–H and O–H groups in total. The second kappa shape index (κ2) is 9.45. The lowest BCUT2D eigenvalue weighted by atomic mass is 9.95. The topological polar surface area (TPSA) is 97.6 Å². The van der Waals surface area contributed by atoms with Crippen molar-refractivity contribution in [2.24, 2.45) is 0 Å². The number of benzene rings is 1. The fourth-order valence-corrected chi connectivity index (χ4v) is 5.06. The number of carbonyl (C=O) groups excluding carboxylic acids is 2. The molecule has 1 aliphatic carbocycles. The van der Waals surface area contributed by atoms with Gasteiger partial charge in [-0.25, -0.2) is 0 Å². The van der Waals surface area contributed by atoms with E-state index in [-0.39, 0.29) is 17.1 Å². The first-order chi connectivity index (χ1) is 15.1. The molecule has 0 spiro atoms. The molecule has 4 rings (SSSR count). The number of hydrogen-bond acceptors (Lipinski definition) is 6. The maximum atomic E-state index is 12.9. The van der Waals surface area contributed by atoms with Gasteiger partial charge in [0.2, 0.25) is 0 Å². The molecule has 0 bridgehead atoms. The Hall–Kier alpha value is -2.97. The summed E-state index contributed by atoms with van der Waals surface area (Å²) in [5.41, 5.74) is 1.60. The quantitative estimate of drug-likeness (QED) is 0.546. The summed E-state index contributed by atoms with van der Waals surface area (Å²) < 4.78 is 10.7. The molecule has 0 saturated carbocycles. The third kappa shape index (κ3) is 4.55. The van der Waals surface area contributed by atoms with Crippen molar-refractivity contribution < 1.29 is 18.7 Å². The van der Waals surface area contributed by atoms with Crippen molar-refractivity contribution in [1.82, 2.24) is 5.32 Å². The monoisotopic (exact) mass is 440 g/mol. The maximum absolute atomic E-state index is 12.9. The Kier molecular flexibility index (Phi) is 6.48. The molecule has 0 aliphatic heterocycles. The van der Waals surface area contributed by atoms with Gasteiger partial charge in [0.15, 0.2) is 11.2 Å². The number of thiophene rings is 1. The number of rotatable bonds is 7. The van der Waals surface area contributed by atoms with E-state index in [2.05, 4.69) is 10.6 Å². The largest absolute Gasteiger partial charge is 0.451 e. The van der Waals surface area contributed by atoms with Crippen LogP contribution < -0.4 is 16.1 Å². The van der Waals surface area contributed by atoms with Gasteiger partial charge in [0, 0.05) is 31.2 Å². The molecule has 1 aliphatic rings. The van der Waals surface area contributed by atoms with Crippen molar-refractivity contribution in [2.45, 2.75) is 32.1 Å². The Morgan fingerprint density at radius 2 is 1.97 bits per heavy atom. The van der Waals surface area contributed by atoms with Crippen molar-refractivity contribution in [3.63, 3.8) is 0 Å². The van der Waals surface area contributed by atoms with Crippen LogP contribution >= 0.6 is 11.3 Å². The van der Waals surface area contributed by atoms with Gasteiger partial charge in [-0.3, -0.25) is 14.4 Å². The fourth-order valence-electron chi connectivity index (χ4n) is 3.78. The summed E-state index contributed by atoms with van der Waals surface area (Å²) >= 11 is 1.43. The molecule has 2 aromatic heterocycles. The summed E-state index contributed by atoms with van der Waals surface area (Å²) in [4.78, 5) is 39.3. The lowest BCUT2D eigenvalue weighted by molar-refractivity contribution is 0.0948. The molecule has 7 nitrogen and oxygen atoms in total. The van der Waals surface area contributed by atoms with Crippen molar-refractivity contribution >= 4 is 39.1 Å². The highest BCUT2D eigenvalue weighted by Crippen LogP contribution is 2.38. The average molecular weight is 441 g/mol. The van der Waals surface area contributed by atoms with E-state index < -0.39 is 5.91 Å². The van der Waals surface area contributed by atoms with Gasteiger partial charge in [-0.1, -0.05) is 12.1 Å². The van der Waals surface area contributed by atoms with Crippen LogP contribution in [0.15, 0.2) is 39.5 Å². The third-order valence-corrected chi connectivity index (χ3v) is 6.50. The molecule has 0 fully saturated rings. The van der Waals surface area contributed by atoms with Crippen LogP contribution in [0.1, 0.15) is 50.6 Å². The van der Waals surface area contributed by atoms with Crippen LogP contribution in [0, 0.1) is 0 Å². The number of nitrogens with one attached hydrogen (secondary N) is 2. The lowest BCUT2D eigenvalue weighted by Crippen LogP contribution is -2.27. The Bertz CT molecular complexity index is 1180. The number of carbonyl (C=O) groups is 2. The first kappa shape index (κ1) is 21.3. The second-order valence-electron chi connectivity index (χ2n) is 7.44. The molecule has 8 heteroatoms.